The van der Waals surface area contributed by atoms with Crippen molar-refractivity contribution in [3.05, 3.63) is 92.3 Å². The Morgan fingerprint density at radius 3 is 1.41 bits per heavy atom. The second-order valence-corrected chi connectivity index (χ2v) is 8.65. The van der Waals surface area contributed by atoms with Crippen LogP contribution in [0.3, 0.4) is 0 Å². The molecule has 2 heterocycles. The van der Waals surface area contributed by atoms with E-state index in [2.05, 4.69) is 0 Å². The first-order valence-electron chi connectivity index (χ1n) is 9.10. The molecule has 0 N–H and O–H groups in total. The number of alkyl halides is 6. The molecule has 0 atom stereocenters. The maximum absolute atomic E-state index is 13.3. The summed E-state index contributed by atoms with van der Waals surface area (Å²) in [6, 6.07) is 12.5. The van der Waals surface area contributed by atoms with E-state index in [1.165, 1.54) is 24.3 Å². The number of hydrogen-bond donors (Lipinski definition) is 0. The lowest BCUT2D eigenvalue weighted by Gasteiger charge is -2.10. The van der Waals surface area contributed by atoms with Crippen LogP contribution >= 0.6 is 22.7 Å². The summed E-state index contributed by atoms with van der Waals surface area (Å²) in [5.74, 6) is -0.449. The normalized spacial score (nSPS) is 12.2. The number of hydrogen-bond acceptors (Lipinski definition) is 3. The Balaban J connectivity index is 1.75. The van der Waals surface area contributed by atoms with Crippen LogP contribution in [-0.2, 0) is 12.4 Å². The molecule has 4 rings (SSSR count). The molecule has 9 heteroatoms. The summed E-state index contributed by atoms with van der Waals surface area (Å²) in [7, 11) is 0. The summed E-state index contributed by atoms with van der Waals surface area (Å²) in [4.78, 5) is 13.7. The van der Waals surface area contributed by atoms with E-state index in [0.29, 0.717) is 11.1 Å². The topological polar surface area (TPSA) is 17.1 Å². The number of thiophene rings is 2. The Kier molecular flexibility index (Phi) is 5.72. The first-order valence-corrected chi connectivity index (χ1v) is 10.9. The van der Waals surface area contributed by atoms with Crippen molar-refractivity contribution in [2.45, 2.75) is 12.4 Å². The fourth-order valence-corrected chi connectivity index (χ4v) is 5.04. The highest BCUT2D eigenvalue weighted by Crippen LogP contribution is 2.39. The van der Waals surface area contributed by atoms with Crippen LogP contribution in [0, 0.1) is 0 Å². The molecule has 0 unspecified atom stereocenters. The number of rotatable bonds is 4. The highest BCUT2D eigenvalue weighted by Gasteiger charge is 2.32. The Labute approximate surface area is 186 Å². The Bertz CT molecular complexity index is 1180. The maximum Gasteiger partial charge on any atom is 0.416 e. The number of carbonyl (C=O) groups excluding carboxylic acids is 1. The lowest BCUT2D eigenvalue weighted by Crippen LogP contribution is -2.05. The largest absolute Gasteiger partial charge is 0.416 e. The second-order valence-electron chi connectivity index (χ2n) is 6.81. The molecule has 0 radical (unpaired) electrons. The molecule has 0 aliphatic carbocycles. The van der Waals surface area contributed by atoms with Crippen LogP contribution in [0.2, 0.25) is 0 Å². The zero-order chi connectivity index (χ0) is 23.1. The second kappa shape index (κ2) is 8.22. The van der Waals surface area contributed by atoms with Crippen molar-refractivity contribution < 1.29 is 31.1 Å². The summed E-state index contributed by atoms with van der Waals surface area (Å²) in [6.07, 6.45) is -9.05. The molecule has 0 spiro atoms. The van der Waals surface area contributed by atoms with Crippen LogP contribution < -0.4 is 0 Å². The van der Waals surface area contributed by atoms with Gasteiger partial charge >= 0.3 is 12.4 Å². The predicted molar refractivity (Wildman–Crippen MR) is 113 cm³/mol. The van der Waals surface area contributed by atoms with Crippen molar-refractivity contribution in [3.63, 3.8) is 0 Å². The van der Waals surface area contributed by atoms with Gasteiger partial charge in [-0.3, -0.25) is 4.79 Å². The number of halogens is 6. The Hall–Kier alpha value is -2.91. The number of ketones is 1. The predicted octanol–water partition coefficient (Wildman–Crippen LogP) is 8.41. The van der Waals surface area contributed by atoms with E-state index in [-0.39, 0.29) is 20.9 Å². The molecule has 32 heavy (non-hydrogen) atoms. The molecule has 0 saturated heterocycles. The van der Waals surface area contributed by atoms with Gasteiger partial charge in [-0.25, -0.2) is 0 Å². The molecule has 0 aliphatic heterocycles. The van der Waals surface area contributed by atoms with Crippen molar-refractivity contribution in [2.24, 2.45) is 0 Å². The van der Waals surface area contributed by atoms with Gasteiger partial charge in [0.2, 0.25) is 5.78 Å². The van der Waals surface area contributed by atoms with Crippen LogP contribution in [-0.4, -0.2) is 5.78 Å². The van der Waals surface area contributed by atoms with E-state index in [0.717, 1.165) is 46.9 Å². The van der Waals surface area contributed by atoms with Gasteiger partial charge in [-0.2, -0.15) is 26.3 Å². The van der Waals surface area contributed by atoms with Crippen molar-refractivity contribution in [2.75, 3.05) is 0 Å². The third kappa shape index (κ3) is 4.35. The van der Waals surface area contributed by atoms with Crippen molar-refractivity contribution in [3.8, 4) is 22.3 Å². The van der Waals surface area contributed by atoms with Gasteiger partial charge in [-0.05, 0) is 58.3 Å². The van der Waals surface area contributed by atoms with Crippen LogP contribution in [0.4, 0.5) is 26.3 Å². The summed E-state index contributed by atoms with van der Waals surface area (Å²) < 4.78 is 78.6. The van der Waals surface area contributed by atoms with E-state index in [9.17, 15) is 31.1 Å². The zero-order valence-electron chi connectivity index (χ0n) is 15.9. The molecule has 0 fully saturated rings. The minimum absolute atomic E-state index is 0.222. The maximum atomic E-state index is 13.3. The number of benzene rings is 2. The minimum atomic E-state index is -4.53. The molecule has 0 aliphatic rings. The molecule has 164 valence electrons. The fourth-order valence-electron chi connectivity index (χ4n) is 3.25. The van der Waals surface area contributed by atoms with Crippen molar-refractivity contribution in [1.82, 2.24) is 0 Å². The van der Waals surface area contributed by atoms with Gasteiger partial charge in [0.15, 0.2) is 0 Å². The lowest BCUT2D eigenvalue weighted by molar-refractivity contribution is -0.138. The summed E-state index contributed by atoms with van der Waals surface area (Å²) >= 11 is 2.14. The minimum Gasteiger partial charge on any atom is -0.287 e. The molecule has 0 amide bonds. The van der Waals surface area contributed by atoms with Gasteiger partial charge in [-0.1, -0.05) is 24.3 Å². The quantitative estimate of drug-likeness (QED) is 0.211. The van der Waals surface area contributed by atoms with Gasteiger partial charge in [0.25, 0.3) is 0 Å². The molecule has 2 aromatic carbocycles. The van der Waals surface area contributed by atoms with Gasteiger partial charge in [-0.15, -0.1) is 22.7 Å². The van der Waals surface area contributed by atoms with Crippen LogP contribution in [0.5, 0.6) is 0 Å². The van der Waals surface area contributed by atoms with Crippen LogP contribution in [0.1, 0.15) is 25.7 Å². The Morgan fingerprint density at radius 2 is 1.03 bits per heavy atom. The van der Waals surface area contributed by atoms with E-state index >= 15 is 0 Å². The molecule has 4 aromatic rings. The van der Waals surface area contributed by atoms with E-state index in [4.69, 9.17) is 0 Å². The molecule has 0 saturated carbocycles. The van der Waals surface area contributed by atoms with Gasteiger partial charge in [0, 0.05) is 11.1 Å². The van der Waals surface area contributed by atoms with Crippen molar-refractivity contribution >= 4 is 28.5 Å². The van der Waals surface area contributed by atoms with E-state index in [1.807, 2.05) is 0 Å². The van der Waals surface area contributed by atoms with Crippen LogP contribution in [0.25, 0.3) is 22.3 Å². The molecule has 1 nitrogen and oxygen atoms in total. The highest BCUT2D eigenvalue weighted by molar-refractivity contribution is 7.16. The third-order valence-corrected chi connectivity index (χ3v) is 6.57. The summed E-state index contributed by atoms with van der Waals surface area (Å²) in [5.41, 5.74) is -0.507. The SMILES string of the molecule is O=C(c1sccc1-c1cccc(C(F)(F)F)c1)c1sccc1-c1cccc(C(F)(F)F)c1. The van der Waals surface area contributed by atoms with Crippen LogP contribution in [0.15, 0.2) is 71.4 Å². The molecule has 2 aromatic heterocycles. The smallest absolute Gasteiger partial charge is 0.287 e. The number of carbonyl (C=O) groups is 1. The highest BCUT2D eigenvalue weighted by atomic mass is 32.1. The molecular formula is C23H12F6OS2. The first kappa shape index (κ1) is 22.3. The average molecular weight is 482 g/mol. The Morgan fingerprint density at radius 1 is 0.625 bits per heavy atom. The van der Waals surface area contributed by atoms with Gasteiger partial charge in [0.1, 0.15) is 0 Å². The zero-order valence-corrected chi connectivity index (χ0v) is 17.6. The summed E-state index contributed by atoms with van der Waals surface area (Å²) in [6.45, 7) is 0. The van der Waals surface area contributed by atoms with Gasteiger partial charge in [0.05, 0.1) is 20.9 Å². The standard InChI is InChI=1S/C23H12F6OS2/c24-22(25,26)15-5-1-3-13(11-15)17-7-9-31-20(17)19(30)21-18(8-10-32-21)14-4-2-6-16(12-14)23(27,28)29/h1-12H. The first-order chi connectivity index (χ1) is 15.1. The van der Waals surface area contributed by atoms with E-state index in [1.54, 1.807) is 22.9 Å². The molecular weight excluding hydrogens is 470 g/mol. The van der Waals surface area contributed by atoms with E-state index < -0.39 is 29.3 Å². The monoisotopic (exact) mass is 482 g/mol. The molecule has 0 bridgehead atoms. The lowest BCUT2D eigenvalue weighted by atomic mass is 9.99. The fraction of sp³-hybridized carbons (Fsp3) is 0.0870. The van der Waals surface area contributed by atoms with Gasteiger partial charge < -0.3 is 0 Å². The average Bonchev–Trinajstić information content (AvgIpc) is 3.42. The third-order valence-electron chi connectivity index (χ3n) is 4.74. The van der Waals surface area contributed by atoms with Crippen molar-refractivity contribution in [1.29, 1.82) is 0 Å². The summed E-state index contributed by atoms with van der Waals surface area (Å²) in [5, 5.41) is 3.20.